The van der Waals surface area contributed by atoms with Crippen LogP contribution in [0.1, 0.15) is 5.56 Å². The molecule has 0 atom stereocenters. The Labute approximate surface area is 142 Å². The fourth-order valence-electron chi connectivity index (χ4n) is 2.32. The minimum Gasteiger partial charge on any atom is -0.508 e. The van der Waals surface area contributed by atoms with Gasteiger partial charge in [0.25, 0.3) is 0 Å². The minimum atomic E-state index is 0.169. The summed E-state index contributed by atoms with van der Waals surface area (Å²) in [5.41, 5.74) is 9.39. The molecule has 0 fully saturated rings. The van der Waals surface area contributed by atoms with Crippen LogP contribution in [0.15, 0.2) is 59.1 Å². The number of rotatable bonds is 2. The van der Waals surface area contributed by atoms with Crippen LogP contribution in [0.3, 0.4) is 0 Å². The number of pyridine rings is 1. The maximum absolute atomic E-state index is 9.44. The number of halogens is 1. The zero-order valence-electron chi connectivity index (χ0n) is 12.0. The predicted molar refractivity (Wildman–Crippen MR) is 93.6 cm³/mol. The molecule has 112 valence electrons. The lowest BCUT2D eigenvalue weighted by Crippen LogP contribution is -1.99. The van der Waals surface area contributed by atoms with E-state index in [0.717, 1.165) is 15.6 Å². The first-order valence-electron chi connectivity index (χ1n) is 6.84. The molecule has 0 spiro atoms. The fourth-order valence-corrected chi connectivity index (χ4v) is 2.58. The van der Waals surface area contributed by atoms with Gasteiger partial charge in [-0.1, -0.05) is 40.2 Å². The Bertz CT molecular complexity index is 897. The summed E-state index contributed by atoms with van der Waals surface area (Å²) in [6.45, 7) is 0. The standard InChI is InChI=1S/C18H12BrN3O/c19-13-5-1-12(2-6-13)17-9-15(16(10-20)18(21)22-17)11-3-7-14(23)8-4-11/h1-9,23H,(H2,21,22). The first kappa shape index (κ1) is 15.1. The van der Waals surface area contributed by atoms with Gasteiger partial charge in [-0.3, -0.25) is 0 Å². The average molecular weight is 366 g/mol. The second-order valence-corrected chi connectivity index (χ2v) is 5.90. The van der Waals surface area contributed by atoms with Crippen molar-refractivity contribution in [2.45, 2.75) is 0 Å². The van der Waals surface area contributed by atoms with E-state index in [1.165, 1.54) is 0 Å². The number of nitrogen functional groups attached to an aromatic ring is 1. The number of aromatic nitrogens is 1. The van der Waals surface area contributed by atoms with Crippen LogP contribution in [0.2, 0.25) is 0 Å². The molecular formula is C18H12BrN3O. The molecule has 0 aliphatic carbocycles. The van der Waals surface area contributed by atoms with Crippen molar-refractivity contribution in [3.05, 3.63) is 64.6 Å². The van der Waals surface area contributed by atoms with Gasteiger partial charge in [-0.15, -0.1) is 0 Å². The third-order valence-corrected chi connectivity index (χ3v) is 4.01. The highest BCUT2D eigenvalue weighted by Gasteiger charge is 2.13. The molecule has 0 saturated heterocycles. The normalized spacial score (nSPS) is 10.3. The number of hydrogen-bond acceptors (Lipinski definition) is 4. The van der Waals surface area contributed by atoms with Gasteiger partial charge in [-0.2, -0.15) is 5.26 Å². The maximum atomic E-state index is 9.44. The van der Waals surface area contributed by atoms with Crippen LogP contribution in [-0.4, -0.2) is 10.1 Å². The number of phenolic OH excluding ortho intramolecular Hbond substituents is 1. The van der Waals surface area contributed by atoms with Crippen LogP contribution in [0.5, 0.6) is 5.75 Å². The summed E-state index contributed by atoms with van der Waals surface area (Å²) in [5, 5.41) is 18.8. The van der Waals surface area contributed by atoms with Gasteiger partial charge in [0, 0.05) is 15.6 Å². The molecule has 4 nitrogen and oxygen atoms in total. The number of nitrogens with zero attached hydrogens (tertiary/aromatic N) is 2. The first-order chi connectivity index (χ1) is 11.1. The van der Waals surface area contributed by atoms with Crippen LogP contribution in [0.4, 0.5) is 5.82 Å². The third-order valence-electron chi connectivity index (χ3n) is 3.48. The second-order valence-electron chi connectivity index (χ2n) is 4.98. The Morgan fingerprint density at radius 2 is 1.61 bits per heavy atom. The Balaban J connectivity index is 2.20. The number of benzene rings is 2. The second kappa shape index (κ2) is 6.11. The van der Waals surface area contributed by atoms with Crippen molar-refractivity contribution in [2.75, 3.05) is 5.73 Å². The van der Waals surface area contributed by atoms with E-state index in [2.05, 4.69) is 27.0 Å². The van der Waals surface area contributed by atoms with Crippen molar-refractivity contribution in [2.24, 2.45) is 0 Å². The summed E-state index contributed by atoms with van der Waals surface area (Å²) in [6, 6.07) is 18.3. The summed E-state index contributed by atoms with van der Waals surface area (Å²) in [7, 11) is 0. The van der Waals surface area contributed by atoms with E-state index < -0.39 is 0 Å². The molecule has 0 bridgehead atoms. The van der Waals surface area contributed by atoms with E-state index in [0.29, 0.717) is 16.8 Å². The average Bonchev–Trinajstić information content (AvgIpc) is 2.55. The van der Waals surface area contributed by atoms with Crippen molar-refractivity contribution in [1.82, 2.24) is 4.98 Å². The Kier molecular flexibility index (Phi) is 4.00. The van der Waals surface area contributed by atoms with E-state index in [1.54, 1.807) is 24.3 Å². The van der Waals surface area contributed by atoms with E-state index >= 15 is 0 Å². The summed E-state index contributed by atoms with van der Waals surface area (Å²) >= 11 is 3.40. The molecule has 0 aliphatic heterocycles. The van der Waals surface area contributed by atoms with Crippen LogP contribution >= 0.6 is 15.9 Å². The molecule has 3 N–H and O–H groups in total. The van der Waals surface area contributed by atoms with Gasteiger partial charge >= 0.3 is 0 Å². The molecular weight excluding hydrogens is 354 g/mol. The number of nitrogens with two attached hydrogens (primary N) is 1. The van der Waals surface area contributed by atoms with Crippen LogP contribution in [0.25, 0.3) is 22.4 Å². The molecule has 0 amide bonds. The molecule has 0 saturated carbocycles. The van der Waals surface area contributed by atoms with Crippen molar-refractivity contribution in [3.63, 3.8) is 0 Å². The zero-order chi connectivity index (χ0) is 16.4. The van der Waals surface area contributed by atoms with Gasteiger partial charge in [0.15, 0.2) is 0 Å². The highest BCUT2D eigenvalue weighted by Crippen LogP contribution is 2.32. The van der Waals surface area contributed by atoms with Gasteiger partial charge in [0.05, 0.1) is 5.69 Å². The predicted octanol–water partition coefficient (Wildman–Crippen LogP) is 4.34. The number of aromatic hydroxyl groups is 1. The Hall–Kier alpha value is -2.84. The lowest BCUT2D eigenvalue weighted by molar-refractivity contribution is 0.475. The van der Waals surface area contributed by atoms with Crippen molar-refractivity contribution in [3.8, 4) is 34.2 Å². The quantitative estimate of drug-likeness (QED) is 0.707. The van der Waals surface area contributed by atoms with Crippen LogP contribution in [0, 0.1) is 11.3 Å². The highest BCUT2D eigenvalue weighted by molar-refractivity contribution is 9.10. The van der Waals surface area contributed by atoms with Gasteiger partial charge in [-0.25, -0.2) is 4.98 Å². The third kappa shape index (κ3) is 3.03. The maximum Gasteiger partial charge on any atom is 0.142 e. The van der Waals surface area contributed by atoms with Gasteiger partial charge < -0.3 is 10.8 Å². The summed E-state index contributed by atoms with van der Waals surface area (Å²) in [5.74, 6) is 0.360. The van der Waals surface area contributed by atoms with Crippen molar-refractivity contribution >= 4 is 21.7 Å². The van der Waals surface area contributed by atoms with Crippen molar-refractivity contribution < 1.29 is 5.11 Å². The van der Waals surface area contributed by atoms with Gasteiger partial charge in [0.1, 0.15) is 23.2 Å². The Morgan fingerprint density at radius 3 is 2.22 bits per heavy atom. The number of hydrogen-bond donors (Lipinski definition) is 2. The molecule has 5 heteroatoms. The molecule has 0 radical (unpaired) electrons. The summed E-state index contributed by atoms with van der Waals surface area (Å²) < 4.78 is 0.974. The highest BCUT2D eigenvalue weighted by atomic mass is 79.9. The zero-order valence-corrected chi connectivity index (χ0v) is 13.6. The summed E-state index contributed by atoms with van der Waals surface area (Å²) in [4.78, 5) is 4.34. The number of anilines is 1. The van der Waals surface area contributed by atoms with E-state index in [-0.39, 0.29) is 11.6 Å². The fraction of sp³-hybridized carbons (Fsp3) is 0. The first-order valence-corrected chi connectivity index (χ1v) is 7.64. The lowest BCUT2D eigenvalue weighted by atomic mass is 9.98. The Morgan fingerprint density at radius 1 is 1.00 bits per heavy atom. The molecule has 3 rings (SSSR count). The largest absolute Gasteiger partial charge is 0.508 e. The van der Waals surface area contributed by atoms with Gasteiger partial charge in [-0.05, 0) is 35.9 Å². The van der Waals surface area contributed by atoms with Crippen molar-refractivity contribution in [1.29, 1.82) is 5.26 Å². The number of nitriles is 1. The van der Waals surface area contributed by atoms with E-state index in [9.17, 15) is 10.4 Å². The molecule has 1 aromatic heterocycles. The smallest absolute Gasteiger partial charge is 0.142 e. The SMILES string of the molecule is N#Cc1c(-c2ccc(O)cc2)cc(-c2ccc(Br)cc2)nc1N. The number of phenols is 1. The lowest BCUT2D eigenvalue weighted by Gasteiger charge is -2.10. The van der Waals surface area contributed by atoms with Crippen LogP contribution in [-0.2, 0) is 0 Å². The minimum absolute atomic E-state index is 0.169. The molecule has 0 unspecified atom stereocenters. The molecule has 0 aliphatic rings. The van der Waals surface area contributed by atoms with Crippen LogP contribution < -0.4 is 5.73 Å². The van der Waals surface area contributed by atoms with Gasteiger partial charge in [0.2, 0.25) is 0 Å². The molecule has 2 aromatic carbocycles. The summed E-state index contributed by atoms with van der Waals surface area (Å²) in [6.07, 6.45) is 0. The van der Waals surface area contributed by atoms with E-state index in [1.807, 2.05) is 30.3 Å². The van der Waals surface area contributed by atoms with E-state index in [4.69, 9.17) is 5.73 Å². The topological polar surface area (TPSA) is 82.9 Å². The monoisotopic (exact) mass is 365 g/mol. The molecule has 1 heterocycles. The molecule has 3 aromatic rings. The molecule has 23 heavy (non-hydrogen) atoms.